The standard InChI is InChI=1S/C22H30N2O3/c1-6-22(7-2)17-14-16(8-9-18(17)23-19(22)25)15-10-12-24(13-11-15)20(26)27-21(3,4)5/h8-10,14H,6-7,11-13H2,1-5H3,(H,23,25). The molecule has 2 aliphatic heterocycles. The van der Waals surface area contributed by atoms with Gasteiger partial charge in [-0.3, -0.25) is 4.79 Å². The van der Waals surface area contributed by atoms with Gasteiger partial charge in [0.05, 0.1) is 5.41 Å². The van der Waals surface area contributed by atoms with E-state index in [0.29, 0.717) is 13.1 Å². The predicted molar refractivity (Wildman–Crippen MR) is 108 cm³/mol. The second-order valence-electron chi connectivity index (χ2n) is 8.41. The van der Waals surface area contributed by atoms with Crippen molar-refractivity contribution in [3.05, 3.63) is 35.4 Å². The van der Waals surface area contributed by atoms with Crippen molar-refractivity contribution in [2.75, 3.05) is 18.4 Å². The second kappa shape index (κ2) is 7.02. The third kappa shape index (κ3) is 3.60. The van der Waals surface area contributed by atoms with Crippen LogP contribution in [0.2, 0.25) is 0 Å². The summed E-state index contributed by atoms with van der Waals surface area (Å²) in [6, 6.07) is 6.24. The molecule has 1 N–H and O–H groups in total. The number of nitrogens with zero attached hydrogens (tertiary/aromatic N) is 1. The van der Waals surface area contributed by atoms with Gasteiger partial charge >= 0.3 is 6.09 Å². The fourth-order valence-corrected chi connectivity index (χ4v) is 3.99. The molecule has 0 atom stereocenters. The minimum Gasteiger partial charge on any atom is -0.444 e. The number of ether oxygens (including phenoxy) is 1. The van der Waals surface area contributed by atoms with Crippen LogP contribution in [0.1, 0.15) is 65.0 Å². The first-order valence-corrected chi connectivity index (χ1v) is 9.83. The SMILES string of the molecule is CCC1(CC)C(=O)Nc2ccc(C3=CCN(C(=O)OC(C)(C)C)CC3)cc21. The van der Waals surface area contributed by atoms with E-state index in [0.717, 1.165) is 36.1 Å². The summed E-state index contributed by atoms with van der Waals surface area (Å²) in [5, 5.41) is 3.04. The minimum absolute atomic E-state index is 0.105. The molecular formula is C22H30N2O3. The first-order valence-electron chi connectivity index (χ1n) is 9.83. The van der Waals surface area contributed by atoms with Gasteiger partial charge in [0.15, 0.2) is 0 Å². The molecule has 3 rings (SSSR count). The minimum atomic E-state index is -0.482. The van der Waals surface area contributed by atoms with E-state index in [2.05, 4.69) is 37.4 Å². The summed E-state index contributed by atoms with van der Waals surface area (Å²) in [6.07, 6.45) is 4.19. The van der Waals surface area contributed by atoms with Crippen molar-refractivity contribution in [2.45, 2.75) is 64.9 Å². The number of fused-ring (bicyclic) bond motifs is 1. The molecule has 0 aliphatic carbocycles. The van der Waals surface area contributed by atoms with Crippen molar-refractivity contribution in [1.29, 1.82) is 0 Å². The number of rotatable bonds is 3. The Morgan fingerprint density at radius 1 is 1.26 bits per heavy atom. The molecule has 5 nitrogen and oxygen atoms in total. The van der Waals surface area contributed by atoms with Crippen LogP contribution >= 0.6 is 0 Å². The maximum Gasteiger partial charge on any atom is 0.410 e. The van der Waals surface area contributed by atoms with E-state index >= 15 is 0 Å². The predicted octanol–water partition coefficient (Wildman–Crippen LogP) is 4.72. The zero-order valence-electron chi connectivity index (χ0n) is 17.0. The summed E-state index contributed by atoms with van der Waals surface area (Å²) in [7, 11) is 0. The average molecular weight is 370 g/mol. The Labute approximate surface area is 161 Å². The van der Waals surface area contributed by atoms with Crippen LogP contribution in [0, 0.1) is 0 Å². The second-order valence-corrected chi connectivity index (χ2v) is 8.41. The third-order valence-corrected chi connectivity index (χ3v) is 5.66. The van der Waals surface area contributed by atoms with E-state index < -0.39 is 11.0 Å². The molecule has 1 aromatic carbocycles. The molecule has 1 aromatic rings. The van der Waals surface area contributed by atoms with Gasteiger partial charge in [-0.2, -0.15) is 0 Å². The monoisotopic (exact) mass is 370 g/mol. The summed E-state index contributed by atoms with van der Waals surface area (Å²) in [6.45, 7) is 11.0. The lowest BCUT2D eigenvalue weighted by molar-refractivity contribution is -0.121. The van der Waals surface area contributed by atoms with Crippen LogP contribution in [0.4, 0.5) is 10.5 Å². The van der Waals surface area contributed by atoms with Crippen LogP contribution in [0.3, 0.4) is 0 Å². The van der Waals surface area contributed by atoms with Gasteiger partial charge in [-0.1, -0.05) is 26.0 Å². The van der Waals surface area contributed by atoms with Crippen molar-refractivity contribution < 1.29 is 14.3 Å². The van der Waals surface area contributed by atoms with Gasteiger partial charge in [0.25, 0.3) is 0 Å². The van der Waals surface area contributed by atoms with Gasteiger partial charge in [-0.25, -0.2) is 4.79 Å². The van der Waals surface area contributed by atoms with Crippen LogP contribution < -0.4 is 5.32 Å². The fraction of sp³-hybridized carbons (Fsp3) is 0.545. The Morgan fingerprint density at radius 2 is 1.96 bits per heavy atom. The van der Waals surface area contributed by atoms with E-state index in [1.54, 1.807) is 4.90 Å². The molecule has 0 aromatic heterocycles. The largest absolute Gasteiger partial charge is 0.444 e. The zero-order chi connectivity index (χ0) is 19.8. The number of hydrogen-bond donors (Lipinski definition) is 1. The van der Waals surface area contributed by atoms with Crippen molar-refractivity contribution >= 4 is 23.3 Å². The van der Waals surface area contributed by atoms with E-state index in [9.17, 15) is 9.59 Å². The van der Waals surface area contributed by atoms with E-state index in [1.807, 2.05) is 26.8 Å². The average Bonchev–Trinajstić information content (AvgIpc) is 2.91. The quantitative estimate of drug-likeness (QED) is 0.837. The molecule has 2 aliphatic rings. The van der Waals surface area contributed by atoms with Gasteiger partial charge in [-0.05, 0) is 68.9 Å². The zero-order valence-corrected chi connectivity index (χ0v) is 17.0. The Balaban J connectivity index is 1.81. The first kappa shape index (κ1) is 19.5. The summed E-state index contributed by atoms with van der Waals surface area (Å²) < 4.78 is 5.46. The molecule has 27 heavy (non-hydrogen) atoms. The Bertz CT molecular complexity index is 785. The van der Waals surface area contributed by atoms with Crippen molar-refractivity contribution in [3.63, 3.8) is 0 Å². The fourth-order valence-electron chi connectivity index (χ4n) is 3.99. The smallest absolute Gasteiger partial charge is 0.410 e. The lowest BCUT2D eigenvalue weighted by Gasteiger charge is -2.30. The number of benzene rings is 1. The third-order valence-electron chi connectivity index (χ3n) is 5.66. The Hall–Kier alpha value is -2.30. The van der Waals surface area contributed by atoms with Gasteiger partial charge in [0.1, 0.15) is 5.60 Å². The molecule has 0 fully saturated rings. The maximum atomic E-state index is 12.6. The van der Waals surface area contributed by atoms with Crippen molar-refractivity contribution in [1.82, 2.24) is 4.90 Å². The lowest BCUT2D eigenvalue weighted by Crippen LogP contribution is -2.39. The highest BCUT2D eigenvalue weighted by atomic mass is 16.6. The van der Waals surface area contributed by atoms with Gasteiger partial charge in [0, 0.05) is 18.8 Å². The van der Waals surface area contributed by atoms with Crippen molar-refractivity contribution in [3.8, 4) is 0 Å². The Morgan fingerprint density at radius 3 is 2.52 bits per heavy atom. The van der Waals surface area contributed by atoms with Crippen LogP contribution in [0.5, 0.6) is 0 Å². The molecule has 2 amide bonds. The van der Waals surface area contributed by atoms with Crippen LogP contribution in [0.15, 0.2) is 24.3 Å². The summed E-state index contributed by atoms with van der Waals surface area (Å²) in [5.74, 6) is 0.105. The van der Waals surface area contributed by atoms with Gasteiger partial charge in [-0.15, -0.1) is 0 Å². The van der Waals surface area contributed by atoms with E-state index in [1.165, 1.54) is 5.57 Å². The number of carbonyl (C=O) groups excluding carboxylic acids is 2. The molecule has 2 heterocycles. The van der Waals surface area contributed by atoms with Crippen LogP contribution in [-0.4, -0.2) is 35.6 Å². The first-order chi connectivity index (χ1) is 12.7. The number of anilines is 1. The highest BCUT2D eigenvalue weighted by Crippen LogP contribution is 2.44. The lowest BCUT2D eigenvalue weighted by atomic mass is 9.76. The molecule has 0 radical (unpaired) electrons. The van der Waals surface area contributed by atoms with Crippen molar-refractivity contribution in [2.24, 2.45) is 0 Å². The normalized spacial score (nSPS) is 18.6. The number of amides is 2. The highest BCUT2D eigenvalue weighted by Gasteiger charge is 2.43. The molecule has 0 spiro atoms. The molecular weight excluding hydrogens is 340 g/mol. The summed E-state index contributed by atoms with van der Waals surface area (Å²) >= 11 is 0. The maximum absolute atomic E-state index is 12.6. The number of hydrogen-bond acceptors (Lipinski definition) is 3. The topological polar surface area (TPSA) is 58.6 Å². The summed E-state index contributed by atoms with van der Waals surface area (Å²) in [4.78, 5) is 26.5. The van der Waals surface area contributed by atoms with Crippen LogP contribution in [-0.2, 0) is 14.9 Å². The number of carbonyl (C=O) groups is 2. The summed E-state index contributed by atoms with van der Waals surface area (Å²) in [5.41, 5.74) is 3.48. The molecule has 146 valence electrons. The molecule has 0 saturated carbocycles. The Kier molecular flexibility index (Phi) is 5.06. The number of nitrogens with one attached hydrogen (secondary N) is 1. The van der Waals surface area contributed by atoms with Gasteiger partial charge < -0.3 is 15.0 Å². The van der Waals surface area contributed by atoms with Crippen LogP contribution in [0.25, 0.3) is 5.57 Å². The van der Waals surface area contributed by atoms with E-state index in [-0.39, 0.29) is 12.0 Å². The highest BCUT2D eigenvalue weighted by molar-refractivity contribution is 6.06. The van der Waals surface area contributed by atoms with E-state index in [4.69, 9.17) is 4.74 Å². The van der Waals surface area contributed by atoms with Gasteiger partial charge in [0.2, 0.25) is 5.91 Å². The molecule has 0 bridgehead atoms. The molecule has 0 saturated heterocycles. The molecule has 5 heteroatoms. The molecule has 0 unspecified atom stereocenters.